The van der Waals surface area contributed by atoms with Gasteiger partial charge in [0.1, 0.15) is 22.7 Å². The van der Waals surface area contributed by atoms with Crippen LogP contribution >= 0.6 is 11.3 Å². The van der Waals surface area contributed by atoms with Gasteiger partial charge in [-0.2, -0.15) is 18.2 Å². The van der Waals surface area contributed by atoms with Gasteiger partial charge in [0, 0.05) is 60.9 Å². The Morgan fingerprint density at radius 2 is 1.85 bits per heavy atom. The molecule has 0 bridgehead atoms. The first-order chi connectivity index (χ1) is 19.7. The number of aryl methyl sites for hydroxylation is 1. The summed E-state index contributed by atoms with van der Waals surface area (Å²) >= 11 is 1.33. The third-order valence-corrected chi connectivity index (χ3v) is 7.45. The van der Waals surface area contributed by atoms with Crippen LogP contribution in [0.2, 0.25) is 0 Å². The molecule has 1 aliphatic heterocycles. The lowest BCUT2D eigenvalue weighted by atomic mass is 10.1. The van der Waals surface area contributed by atoms with Gasteiger partial charge in [0.15, 0.2) is 0 Å². The molecule has 210 valence electrons. The van der Waals surface area contributed by atoms with Crippen LogP contribution in [0, 0.1) is 6.92 Å². The zero-order valence-electron chi connectivity index (χ0n) is 21.8. The third kappa shape index (κ3) is 5.74. The molecule has 0 amide bonds. The van der Waals surface area contributed by atoms with Crippen LogP contribution in [0.5, 0.6) is 0 Å². The fourth-order valence-electron chi connectivity index (χ4n) is 4.80. The molecule has 0 unspecified atom stereocenters. The van der Waals surface area contributed by atoms with Crippen LogP contribution in [0.1, 0.15) is 5.56 Å². The van der Waals surface area contributed by atoms with Crippen molar-refractivity contribution in [2.75, 3.05) is 36.4 Å². The first-order valence-corrected chi connectivity index (χ1v) is 13.7. The second kappa shape index (κ2) is 10.9. The summed E-state index contributed by atoms with van der Waals surface area (Å²) in [4.78, 5) is 28.8. The molecule has 1 aromatic carbocycles. The molecular formula is C27H24F3N9OS. The fourth-order valence-corrected chi connectivity index (χ4v) is 5.33. The SMILES string of the molecule is Cc1cc(-c2nncs2)cnc1-c1cc2cnc(Nc3ccc(N4CCNCC4)cc3)nc2n(CC(F)(F)F)c1=O. The summed E-state index contributed by atoms with van der Waals surface area (Å²) in [7, 11) is 0. The minimum Gasteiger partial charge on any atom is -0.369 e. The van der Waals surface area contributed by atoms with Gasteiger partial charge in [-0.05, 0) is 48.9 Å². The first-order valence-electron chi connectivity index (χ1n) is 12.8. The van der Waals surface area contributed by atoms with Gasteiger partial charge in [-0.1, -0.05) is 11.3 Å². The number of alkyl halides is 3. The maximum Gasteiger partial charge on any atom is 0.406 e. The maximum atomic E-state index is 13.7. The Balaban J connectivity index is 1.36. The van der Waals surface area contributed by atoms with E-state index in [9.17, 15) is 18.0 Å². The van der Waals surface area contributed by atoms with E-state index in [0.29, 0.717) is 26.4 Å². The Hall–Kier alpha value is -4.43. The van der Waals surface area contributed by atoms with Crippen molar-refractivity contribution in [3.05, 3.63) is 70.2 Å². The van der Waals surface area contributed by atoms with Gasteiger partial charge in [0.05, 0.1) is 11.3 Å². The van der Waals surface area contributed by atoms with Crippen molar-refractivity contribution in [3.63, 3.8) is 0 Å². The number of anilines is 3. The number of rotatable bonds is 6. The molecule has 0 aliphatic carbocycles. The maximum absolute atomic E-state index is 13.7. The van der Waals surface area contributed by atoms with Crippen molar-refractivity contribution in [3.8, 4) is 21.8 Å². The highest BCUT2D eigenvalue weighted by Gasteiger charge is 2.31. The van der Waals surface area contributed by atoms with Gasteiger partial charge >= 0.3 is 6.18 Å². The van der Waals surface area contributed by atoms with E-state index in [-0.39, 0.29) is 28.2 Å². The second-order valence-corrected chi connectivity index (χ2v) is 10.4. The van der Waals surface area contributed by atoms with E-state index < -0.39 is 18.3 Å². The number of hydrogen-bond donors (Lipinski definition) is 2. The normalized spacial score (nSPS) is 14.0. The van der Waals surface area contributed by atoms with E-state index in [1.54, 1.807) is 18.5 Å². The Morgan fingerprint density at radius 3 is 2.54 bits per heavy atom. The number of aromatic nitrogens is 6. The van der Waals surface area contributed by atoms with Crippen LogP contribution in [0.15, 0.2) is 59.1 Å². The molecule has 0 radical (unpaired) electrons. The summed E-state index contributed by atoms with van der Waals surface area (Å²) in [6.07, 6.45) is -1.73. The van der Waals surface area contributed by atoms with Gasteiger partial charge in [-0.3, -0.25) is 14.3 Å². The minimum atomic E-state index is -4.65. The molecule has 10 nitrogen and oxygen atoms in total. The number of pyridine rings is 2. The minimum absolute atomic E-state index is 0.0240. The number of hydrogen-bond acceptors (Lipinski definition) is 10. The number of halogens is 3. The number of piperazine rings is 1. The monoisotopic (exact) mass is 579 g/mol. The quantitative estimate of drug-likeness (QED) is 0.302. The van der Waals surface area contributed by atoms with E-state index in [0.717, 1.165) is 31.9 Å². The van der Waals surface area contributed by atoms with E-state index in [4.69, 9.17) is 0 Å². The largest absolute Gasteiger partial charge is 0.406 e. The summed E-state index contributed by atoms with van der Waals surface area (Å²) in [6, 6.07) is 10.9. The topological polar surface area (TPSA) is 114 Å². The van der Waals surface area contributed by atoms with Crippen molar-refractivity contribution >= 4 is 39.7 Å². The van der Waals surface area contributed by atoms with Gasteiger partial charge in [0.25, 0.3) is 5.56 Å². The molecule has 0 spiro atoms. The highest BCUT2D eigenvalue weighted by Crippen LogP contribution is 2.28. The molecule has 14 heteroatoms. The van der Waals surface area contributed by atoms with E-state index >= 15 is 0 Å². The summed E-state index contributed by atoms with van der Waals surface area (Å²) in [5, 5.41) is 15.1. The molecule has 5 heterocycles. The predicted molar refractivity (Wildman–Crippen MR) is 152 cm³/mol. The molecule has 41 heavy (non-hydrogen) atoms. The number of benzene rings is 1. The Labute approximate surface area is 235 Å². The molecule has 2 N–H and O–H groups in total. The van der Waals surface area contributed by atoms with Gasteiger partial charge in [-0.25, -0.2) is 4.98 Å². The average molecular weight is 580 g/mol. The summed E-state index contributed by atoms with van der Waals surface area (Å²) in [5.41, 5.74) is 3.95. The standard InChI is InChI=1S/C27H24F3N9OS/c1-16-10-18(24-37-34-15-41-24)13-32-22(16)21-11-17-12-33-26(36-23(17)39(25(21)40)14-27(28,29)30)35-19-2-4-20(5-3-19)38-8-6-31-7-9-38/h2-5,10-13,15,31H,6-9,14H2,1H3,(H,33,35,36). The van der Waals surface area contributed by atoms with Crippen molar-refractivity contribution in [1.82, 2.24) is 35.0 Å². The first kappa shape index (κ1) is 26.8. The van der Waals surface area contributed by atoms with E-state index in [1.165, 1.54) is 29.8 Å². The smallest absolute Gasteiger partial charge is 0.369 e. The Kier molecular flexibility index (Phi) is 7.09. The highest BCUT2D eigenvalue weighted by molar-refractivity contribution is 7.12. The van der Waals surface area contributed by atoms with Gasteiger partial charge in [-0.15, -0.1) is 10.2 Å². The van der Waals surface area contributed by atoms with Crippen LogP contribution < -0.4 is 21.1 Å². The van der Waals surface area contributed by atoms with E-state index in [2.05, 4.69) is 40.7 Å². The lowest BCUT2D eigenvalue weighted by Gasteiger charge is -2.29. The van der Waals surface area contributed by atoms with Crippen LogP contribution in [0.25, 0.3) is 32.9 Å². The molecule has 1 fully saturated rings. The summed E-state index contributed by atoms with van der Waals surface area (Å²) in [6.45, 7) is 3.87. The van der Waals surface area contributed by atoms with Crippen LogP contribution in [-0.4, -0.2) is 62.1 Å². The number of nitrogens with one attached hydrogen (secondary N) is 2. The summed E-state index contributed by atoms with van der Waals surface area (Å²) in [5.74, 6) is 0.0752. The molecule has 1 saturated heterocycles. The highest BCUT2D eigenvalue weighted by atomic mass is 32.1. The van der Waals surface area contributed by atoms with Crippen molar-refractivity contribution in [2.24, 2.45) is 0 Å². The van der Waals surface area contributed by atoms with Crippen molar-refractivity contribution < 1.29 is 13.2 Å². The zero-order chi connectivity index (χ0) is 28.6. The third-order valence-electron chi connectivity index (χ3n) is 6.71. The molecule has 0 saturated carbocycles. The van der Waals surface area contributed by atoms with Gasteiger partial charge in [0.2, 0.25) is 5.95 Å². The Bertz CT molecular complexity index is 1750. The lowest BCUT2D eigenvalue weighted by molar-refractivity contribution is -0.140. The molecule has 6 rings (SSSR count). The van der Waals surface area contributed by atoms with Crippen LogP contribution in [0.4, 0.5) is 30.5 Å². The van der Waals surface area contributed by atoms with E-state index in [1.807, 2.05) is 24.3 Å². The van der Waals surface area contributed by atoms with Crippen molar-refractivity contribution in [1.29, 1.82) is 0 Å². The van der Waals surface area contributed by atoms with Crippen LogP contribution in [-0.2, 0) is 6.54 Å². The second-order valence-electron chi connectivity index (χ2n) is 9.58. The Morgan fingerprint density at radius 1 is 1.07 bits per heavy atom. The fraction of sp³-hybridized carbons (Fsp3) is 0.259. The molecule has 4 aromatic heterocycles. The zero-order valence-corrected chi connectivity index (χ0v) is 22.6. The molecular weight excluding hydrogens is 555 g/mol. The lowest BCUT2D eigenvalue weighted by Crippen LogP contribution is -2.43. The average Bonchev–Trinajstić information content (AvgIpc) is 3.50. The number of fused-ring (bicyclic) bond motifs is 1. The molecule has 0 atom stereocenters. The number of nitrogens with zero attached hydrogens (tertiary/aromatic N) is 7. The molecule has 5 aromatic rings. The van der Waals surface area contributed by atoms with Crippen molar-refractivity contribution in [2.45, 2.75) is 19.6 Å². The molecule has 1 aliphatic rings. The van der Waals surface area contributed by atoms with Crippen LogP contribution in [0.3, 0.4) is 0 Å². The summed E-state index contributed by atoms with van der Waals surface area (Å²) < 4.78 is 41.6. The predicted octanol–water partition coefficient (Wildman–Crippen LogP) is 4.40. The van der Waals surface area contributed by atoms with Gasteiger partial charge < -0.3 is 15.5 Å².